The van der Waals surface area contributed by atoms with Crippen molar-refractivity contribution in [2.75, 3.05) is 39.2 Å². The van der Waals surface area contributed by atoms with Crippen LogP contribution in [0.15, 0.2) is 12.1 Å². The average molecular weight is 370 g/mol. The Bertz CT molecular complexity index is 834. The number of hydrogen-bond acceptors (Lipinski definition) is 5. The zero-order valence-corrected chi connectivity index (χ0v) is 17.0. The molecular weight excluding hydrogens is 338 g/mol. The molecule has 0 amide bonds. The van der Waals surface area contributed by atoms with Crippen molar-refractivity contribution in [3.8, 4) is 11.5 Å². The molecule has 0 spiro atoms. The van der Waals surface area contributed by atoms with Gasteiger partial charge in [0.25, 0.3) is 0 Å². The molecule has 2 heterocycles. The minimum Gasteiger partial charge on any atom is -0.493 e. The van der Waals surface area contributed by atoms with Crippen molar-refractivity contribution in [3.05, 3.63) is 23.3 Å². The van der Waals surface area contributed by atoms with Crippen molar-refractivity contribution in [2.24, 2.45) is 5.92 Å². The Morgan fingerprint density at radius 1 is 1.22 bits per heavy atom. The van der Waals surface area contributed by atoms with Crippen molar-refractivity contribution in [1.82, 2.24) is 9.88 Å². The molecule has 4 rings (SSSR count). The summed E-state index contributed by atoms with van der Waals surface area (Å²) in [6.45, 7) is 7.31. The Morgan fingerprint density at radius 2 is 2.04 bits per heavy atom. The summed E-state index contributed by atoms with van der Waals surface area (Å²) in [4.78, 5) is 7.32. The smallest absolute Gasteiger partial charge is 0.163 e. The van der Waals surface area contributed by atoms with Gasteiger partial charge in [-0.1, -0.05) is 0 Å². The normalized spacial score (nSPS) is 19.7. The lowest BCUT2D eigenvalue weighted by molar-refractivity contribution is 0.239. The average Bonchev–Trinajstić information content (AvgIpc) is 3.28. The number of pyridine rings is 1. The number of rotatable bonds is 6. The van der Waals surface area contributed by atoms with Gasteiger partial charge in [0.1, 0.15) is 5.82 Å². The van der Waals surface area contributed by atoms with Crippen molar-refractivity contribution >= 4 is 16.7 Å². The molecule has 1 unspecified atom stereocenters. The van der Waals surface area contributed by atoms with Crippen LogP contribution in [0.4, 0.5) is 5.82 Å². The zero-order valence-electron chi connectivity index (χ0n) is 17.0. The summed E-state index contributed by atoms with van der Waals surface area (Å²) in [5.74, 6) is 3.25. The van der Waals surface area contributed by atoms with Gasteiger partial charge in [0.05, 0.1) is 19.2 Å². The maximum Gasteiger partial charge on any atom is 0.163 e. The van der Waals surface area contributed by atoms with E-state index in [1.54, 1.807) is 7.11 Å². The van der Waals surface area contributed by atoms with Gasteiger partial charge in [-0.25, -0.2) is 4.98 Å². The van der Waals surface area contributed by atoms with E-state index in [9.17, 15) is 0 Å². The third kappa shape index (κ3) is 3.70. The van der Waals surface area contributed by atoms with Crippen LogP contribution in [-0.2, 0) is 12.8 Å². The molecule has 1 saturated heterocycles. The first-order chi connectivity index (χ1) is 13.0. The number of benzene rings is 1. The molecule has 5 nitrogen and oxygen atoms in total. The van der Waals surface area contributed by atoms with E-state index in [2.05, 4.69) is 43.2 Å². The zero-order chi connectivity index (χ0) is 19.0. The lowest BCUT2D eigenvalue weighted by Gasteiger charge is -2.18. The molecule has 1 fully saturated rings. The molecule has 1 N–H and O–H groups in total. The second-order valence-corrected chi connectivity index (χ2v) is 8.32. The van der Waals surface area contributed by atoms with Crippen LogP contribution in [0, 0.1) is 5.92 Å². The predicted molar refractivity (Wildman–Crippen MR) is 110 cm³/mol. The lowest BCUT2D eigenvalue weighted by Crippen LogP contribution is -2.18. The molecular formula is C22H31N3O2. The highest BCUT2D eigenvalue weighted by atomic mass is 16.5. The monoisotopic (exact) mass is 369 g/mol. The molecule has 1 atom stereocenters. The van der Waals surface area contributed by atoms with Crippen LogP contribution < -0.4 is 14.8 Å². The third-order valence-electron chi connectivity index (χ3n) is 5.73. The summed E-state index contributed by atoms with van der Waals surface area (Å²) in [5, 5.41) is 4.75. The second-order valence-electron chi connectivity index (χ2n) is 8.32. The van der Waals surface area contributed by atoms with Crippen LogP contribution in [0.3, 0.4) is 0 Å². The lowest BCUT2D eigenvalue weighted by atomic mass is 10.0. The van der Waals surface area contributed by atoms with Gasteiger partial charge in [-0.2, -0.15) is 0 Å². The molecule has 1 aromatic carbocycles. The second kappa shape index (κ2) is 7.55. The van der Waals surface area contributed by atoms with Crippen LogP contribution in [0.25, 0.3) is 10.9 Å². The Hall–Kier alpha value is -2.01. The fourth-order valence-corrected chi connectivity index (χ4v) is 4.41. The molecule has 2 aliphatic rings. The summed E-state index contributed by atoms with van der Waals surface area (Å²) < 4.78 is 11.9. The maximum atomic E-state index is 6.20. The number of fused-ring (bicyclic) bond motifs is 3. The highest BCUT2D eigenvalue weighted by Gasteiger charge is 2.23. The quantitative estimate of drug-likeness (QED) is 0.837. The number of aromatic nitrogens is 1. The summed E-state index contributed by atoms with van der Waals surface area (Å²) in [5.41, 5.74) is 3.80. The van der Waals surface area contributed by atoms with E-state index in [0.717, 1.165) is 55.4 Å². The van der Waals surface area contributed by atoms with Gasteiger partial charge in [0, 0.05) is 30.0 Å². The molecule has 5 heteroatoms. The molecule has 0 bridgehead atoms. The van der Waals surface area contributed by atoms with Crippen LogP contribution in [-0.4, -0.2) is 49.8 Å². The van der Waals surface area contributed by atoms with Gasteiger partial charge < -0.3 is 19.7 Å². The Kier molecular flexibility index (Phi) is 5.13. The highest BCUT2D eigenvalue weighted by molar-refractivity contribution is 5.89. The molecule has 146 valence electrons. The predicted octanol–water partition coefficient (Wildman–Crippen LogP) is 3.88. The van der Waals surface area contributed by atoms with E-state index < -0.39 is 0 Å². The number of methoxy groups -OCH3 is 1. The number of nitrogens with one attached hydrogen (secondary N) is 1. The Morgan fingerprint density at radius 3 is 2.74 bits per heavy atom. The molecule has 0 saturated carbocycles. The SMILES string of the molecule is COc1cc2c3c(c(NC(C)C)nc2cc1OCC1CCN(C)C1)CCC3. The Balaban J connectivity index is 1.68. The largest absolute Gasteiger partial charge is 0.493 e. The van der Waals surface area contributed by atoms with Crippen LogP contribution >= 0.6 is 0 Å². The van der Waals surface area contributed by atoms with Gasteiger partial charge in [-0.05, 0) is 70.3 Å². The van der Waals surface area contributed by atoms with E-state index >= 15 is 0 Å². The molecule has 1 aromatic heterocycles. The van der Waals surface area contributed by atoms with Gasteiger partial charge in [0.15, 0.2) is 11.5 Å². The van der Waals surface area contributed by atoms with Gasteiger partial charge in [0.2, 0.25) is 0 Å². The number of nitrogens with zero attached hydrogens (tertiary/aromatic N) is 2. The van der Waals surface area contributed by atoms with Crippen molar-refractivity contribution in [1.29, 1.82) is 0 Å². The molecule has 27 heavy (non-hydrogen) atoms. The highest BCUT2D eigenvalue weighted by Crippen LogP contribution is 2.39. The topological polar surface area (TPSA) is 46.6 Å². The van der Waals surface area contributed by atoms with Crippen LogP contribution in [0.2, 0.25) is 0 Å². The first kappa shape index (κ1) is 18.4. The standard InChI is InChI=1S/C22H31N3O2/c1-14(2)23-22-17-7-5-6-16(17)18-10-20(26-4)21(11-19(18)24-22)27-13-15-8-9-25(3)12-15/h10-11,14-15H,5-9,12-13H2,1-4H3,(H,23,24). The fraction of sp³-hybridized carbons (Fsp3) is 0.591. The van der Waals surface area contributed by atoms with E-state index in [1.807, 2.05) is 0 Å². The number of likely N-dealkylation sites (tertiary alicyclic amines) is 1. The van der Waals surface area contributed by atoms with Crippen LogP contribution in [0.1, 0.15) is 37.8 Å². The number of hydrogen-bond donors (Lipinski definition) is 1. The summed E-state index contributed by atoms with van der Waals surface area (Å²) in [7, 11) is 3.89. The minimum atomic E-state index is 0.368. The van der Waals surface area contributed by atoms with Gasteiger partial charge in [-0.15, -0.1) is 0 Å². The maximum absolute atomic E-state index is 6.20. The van der Waals surface area contributed by atoms with E-state index in [1.165, 1.54) is 29.4 Å². The van der Waals surface area contributed by atoms with Crippen LogP contribution in [0.5, 0.6) is 11.5 Å². The van der Waals surface area contributed by atoms with Gasteiger partial charge in [-0.3, -0.25) is 0 Å². The van der Waals surface area contributed by atoms with Crippen molar-refractivity contribution in [3.63, 3.8) is 0 Å². The van der Waals surface area contributed by atoms with Gasteiger partial charge >= 0.3 is 0 Å². The molecule has 0 radical (unpaired) electrons. The number of anilines is 1. The molecule has 2 aromatic rings. The summed E-state index contributed by atoms with van der Waals surface area (Å²) in [6, 6.07) is 4.56. The fourth-order valence-electron chi connectivity index (χ4n) is 4.41. The first-order valence-electron chi connectivity index (χ1n) is 10.2. The summed E-state index contributed by atoms with van der Waals surface area (Å²) in [6.07, 6.45) is 4.60. The minimum absolute atomic E-state index is 0.368. The van der Waals surface area contributed by atoms with E-state index in [-0.39, 0.29) is 0 Å². The van der Waals surface area contributed by atoms with Crippen molar-refractivity contribution in [2.45, 2.75) is 45.6 Å². The first-order valence-corrected chi connectivity index (χ1v) is 10.2. The summed E-state index contributed by atoms with van der Waals surface area (Å²) >= 11 is 0. The van der Waals surface area contributed by atoms with E-state index in [4.69, 9.17) is 14.5 Å². The molecule has 1 aliphatic heterocycles. The Labute approximate surface area is 162 Å². The van der Waals surface area contributed by atoms with Crippen molar-refractivity contribution < 1.29 is 9.47 Å². The van der Waals surface area contributed by atoms with E-state index in [0.29, 0.717) is 12.0 Å². The number of ether oxygens (including phenoxy) is 2. The third-order valence-corrected chi connectivity index (χ3v) is 5.73. The number of aryl methyl sites for hydroxylation is 1. The molecule has 1 aliphatic carbocycles.